The quantitative estimate of drug-likeness (QED) is 0.432. The average Bonchev–Trinajstić information content (AvgIpc) is 2.08. The van der Waals surface area contributed by atoms with Crippen LogP contribution in [0, 0.1) is 10.6 Å². The van der Waals surface area contributed by atoms with Crippen molar-refractivity contribution in [2.75, 3.05) is 0 Å². The number of aryl methyl sites for hydroxylation is 1. The lowest BCUT2D eigenvalue weighted by atomic mass is 10.2. The molecule has 0 aliphatic rings. The fourth-order valence-corrected chi connectivity index (χ4v) is 1.70. The zero-order chi connectivity index (χ0) is 11.6. The molecule has 0 radical (unpaired) electrons. The Balaban J connectivity index is 3.11. The van der Waals surface area contributed by atoms with Gasteiger partial charge in [0, 0.05) is 10.9 Å². The molecule has 7 heteroatoms. The SMILES string of the molecule is Cc1cc(CBr)c(OC(F)(F)F)nc1I. The van der Waals surface area contributed by atoms with Crippen molar-refractivity contribution in [3.63, 3.8) is 0 Å². The van der Waals surface area contributed by atoms with Crippen LogP contribution in [0.2, 0.25) is 0 Å². The van der Waals surface area contributed by atoms with Gasteiger partial charge in [0.25, 0.3) is 0 Å². The molecule has 2 nitrogen and oxygen atoms in total. The molecule has 0 amide bonds. The Morgan fingerprint density at radius 1 is 1.53 bits per heavy atom. The van der Waals surface area contributed by atoms with Crippen LogP contribution in [0.4, 0.5) is 13.2 Å². The van der Waals surface area contributed by atoms with Crippen LogP contribution in [0.15, 0.2) is 6.07 Å². The van der Waals surface area contributed by atoms with Gasteiger partial charge in [-0.15, -0.1) is 13.2 Å². The van der Waals surface area contributed by atoms with Crippen molar-refractivity contribution in [3.05, 3.63) is 20.9 Å². The molecule has 0 fully saturated rings. The minimum Gasteiger partial charge on any atom is -0.388 e. The van der Waals surface area contributed by atoms with Crippen LogP contribution in [0.25, 0.3) is 0 Å². The number of pyridine rings is 1. The number of halogens is 5. The Morgan fingerprint density at radius 3 is 2.60 bits per heavy atom. The van der Waals surface area contributed by atoms with Crippen molar-refractivity contribution in [2.45, 2.75) is 18.6 Å². The monoisotopic (exact) mass is 395 g/mol. The fraction of sp³-hybridized carbons (Fsp3) is 0.375. The molecule has 0 aliphatic heterocycles. The molecule has 0 N–H and O–H groups in total. The average molecular weight is 396 g/mol. The normalized spacial score (nSPS) is 11.6. The minimum atomic E-state index is -4.71. The summed E-state index contributed by atoms with van der Waals surface area (Å²) in [4.78, 5) is 3.74. The third-order valence-corrected chi connectivity index (χ3v) is 3.24. The molecule has 1 aromatic rings. The van der Waals surface area contributed by atoms with Crippen molar-refractivity contribution in [2.24, 2.45) is 0 Å². The van der Waals surface area contributed by atoms with E-state index in [0.717, 1.165) is 5.56 Å². The highest BCUT2D eigenvalue weighted by Crippen LogP contribution is 2.28. The summed E-state index contributed by atoms with van der Waals surface area (Å²) in [5.41, 5.74) is 1.20. The van der Waals surface area contributed by atoms with Crippen molar-refractivity contribution >= 4 is 38.5 Å². The molecule has 0 saturated carbocycles. The van der Waals surface area contributed by atoms with E-state index in [1.165, 1.54) is 0 Å². The molecule has 0 saturated heterocycles. The highest BCUT2D eigenvalue weighted by atomic mass is 127. The standard InChI is InChI=1S/C8H6BrF3INO/c1-4-2-5(3-9)7(14-6(4)13)15-8(10,11)12/h2H,3H2,1H3. The summed E-state index contributed by atoms with van der Waals surface area (Å²) in [6.07, 6.45) is -4.71. The molecule has 0 spiro atoms. The summed E-state index contributed by atoms with van der Waals surface area (Å²) in [5.74, 6) is -0.394. The van der Waals surface area contributed by atoms with Gasteiger partial charge in [0.05, 0.1) is 0 Å². The number of hydrogen-bond acceptors (Lipinski definition) is 2. The summed E-state index contributed by atoms with van der Waals surface area (Å²) in [6, 6.07) is 1.62. The first-order valence-electron chi connectivity index (χ1n) is 3.81. The zero-order valence-electron chi connectivity index (χ0n) is 7.53. The fourth-order valence-electron chi connectivity index (χ4n) is 0.925. The van der Waals surface area contributed by atoms with Crippen LogP contribution in [0.1, 0.15) is 11.1 Å². The number of alkyl halides is 4. The minimum absolute atomic E-state index is 0.267. The van der Waals surface area contributed by atoms with Gasteiger partial charge in [0.2, 0.25) is 5.88 Å². The number of rotatable bonds is 2. The summed E-state index contributed by atoms with van der Waals surface area (Å²) < 4.78 is 40.3. The van der Waals surface area contributed by atoms with Gasteiger partial charge in [-0.1, -0.05) is 15.9 Å². The Kier molecular flexibility index (Phi) is 4.21. The molecular formula is C8H6BrF3INO. The van der Waals surface area contributed by atoms with Crippen LogP contribution in [0.3, 0.4) is 0 Å². The van der Waals surface area contributed by atoms with E-state index in [1.54, 1.807) is 13.0 Å². The Hall–Kier alpha value is -0.0500. The van der Waals surface area contributed by atoms with Gasteiger partial charge in [-0.3, -0.25) is 0 Å². The van der Waals surface area contributed by atoms with Gasteiger partial charge >= 0.3 is 6.36 Å². The lowest BCUT2D eigenvalue weighted by Crippen LogP contribution is -2.19. The van der Waals surface area contributed by atoms with Crippen molar-refractivity contribution in [3.8, 4) is 5.88 Å². The van der Waals surface area contributed by atoms with E-state index in [0.29, 0.717) is 9.26 Å². The number of aromatic nitrogens is 1. The maximum Gasteiger partial charge on any atom is 0.574 e. The van der Waals surface area contributed by atoms with Crippen molar-refractivity contribution < 1.29 is 17.9 Å². The third kappa shape index (κ3) is 3.78. The van der Waals surface area contributed by atoms with Gasteiger partial charge in [0.15, 0.2) is 0 Å². The highest BCUT2D eigenvalue weighted by molar-refractivity contribution is 14.1. The highest BCUT2D eigenvalue weighted by Gasteiger charge is 2.33. The van der Waals surface area contributed by atoms with Crippen LogP contribution in [-0.4, -0.2) is 11.3 Å². The van der Waals surface area contributed by atoms with Gasteiger partial charge in [-0.05, 0) is 41.1 Å². The van der Waals surface area contributed by atoms with E-state index in [1.807, 2.05) is 22.6 Å². The smallest absolute Gasteiger partial charge is 0.388 e. The van der Waals surface area contributed by atoms with E-state index in [4.69, 9.17) is 0 Å². The molecule has 1 heterocycles. The lowest BCUT2D eigenvalue weighted by molar-refractivity contribution is -0.276. The Morgan fingerprint density at radius 2 is 2.13 bits per heavy atom. The molecule has 0 unspecified atom stereocenters. The first-order chi connectivity index (χ1) is 6.83. The molecule has 15 heavy (non-hydrogen) atoms. The second-order valence-corrected chi connectivity index (χ2v) is 4.32. The first-order valence-corrected chi connectivity index (χ1v) is 6.01. The molecule has 0 aliphatic carbocycles. The van der Waals surface area contributed by atoms with E-state index in [9.17, 15) is 13.2 Å². The maximum absolute atomic E-state index is 12.0. The van der Waals surface area contributed by atoms with Crippen molar-refractivity contribution in [1.82, 2.24) is 4.98 Å². The maximum atomic E-state index is 12.0. The van der Waals surface area contributed by atoms with Gasteiger partial charge in [0.1, 0.15) is 3.70 Å². The topological polar surface area (TPSA) is 22.1 Å². The first kappa shape index (κ1) is 13.0. The summed E-state index contributed by atoms with van der Waals surface area (Å²) in [7, 11) is 0. The predicted molar refractivity (Wildman–Crippen MR) is 61.0 cm³/mol. The van der Waals surface area contributed by atoms with Gasteiger partial charge < -0.3 is 4.74 Å². The molecule has 1 aromatic heterocycles. The van der Waals surface area contributed by atoms with Gasteiger partial charge in [-0.2, -0.15) is 0 Å². The molecule has 84 valence electrons. The van der Waals surface area contributed by atoms with E-state index >= 15 is 0 Å². The zero-order valence-corrected chi connectivity index (χ0v) is 11.3. The number of nitrogens with zero attached hydrogens (tertiary/aromatic N) is 1. The van der Waals surface area contributed by atoms with Crippen LogP contribution < -0.4 is 4.74 Å². The Labute approximate surface area is 106 Å². The van der Waals surface area contributed by atoms with E-state index in [-0.39, 0.29) is 5.33 Å². The van der Waals surface area contributed by atoms with Gasteiger partial charge in [-0.25, -0.2) is 4.98 Å². The lowest BCUT2D eigenvalue weighted by Gasteiger charge is -2.12. The third-order valence-electron chi connectivity index (χ3n) is 1.55. The summed E-state index contributed by atoms with van der Waals surface area (Å²) in [6.45, 7) is 1.78. The predicted octanol–water partition coefficient (Wildman–Crippen LogP) is 3.79. The molecule has 0 bridgehead atoms. The van der Waals surface area contributed by atoms with Crippen LogP contribution >= 0.6 is 38.5 Å². The molecule has 0 aromatic carbocycles. The van der Waals surface area contributed by atoms with E-state index < -0.39 is 12.2 Å². The number of hydrogen-bond donors (Lipinski definition) is 0. The summed E-state index contributed by atoms with van der Waals surface area (Å²) in [5, 5.41) is 0.267. The number of ether oxygens (including phenoxy) is 1. The summed E-state index contributed by atoms with van der Waals surface area (Å²) >= 11 is 4.95. The van der Waals surface area contributed by atoms with Crippen molar-refractivity contribution in [1.29, 1.82) is 0 Å². The molecular weight excluding hydrogens is 390 g/mol. The molecule has 0 atom stereocenters. The largest absolute Gasteiger partial charge is 0.574 e. The van der Waals surface area contributed by atoms with Crippen LogP contribution in [0.5, 0.6) is 5.88 Å². The molecule has 1 rings (SSSR count). The Bertz CT molecular complexity index is 370. The second kappa shape index (κ2) is 4.86. The second-order valence-electron chi connectivity index (χ2n) is 2.74. The van der Waals surface area contributed by atoms with Crippen LogP contribution in [-0.2, 0) is 5.33 Å². The van der Waals surface area contributed by atoms with E-state index in [2.05, 4.69) is 25.7 Å².